The van der Waals surface area contributed by atoms with Crippen molar-refractivity contribution in [2.45, 2.75) is 12.8 Å². The second kappa shape index (κ2) is 5.61. The van der Waals surface area contributed by atoms with Crippen molar-refractivity contribution in [2.24, 2.45) is 0 Å². The third-order valence-electron chi connectivity index (χ3n) is 3.19. The molecule has 3 rings (SSSR count). The number of rotatable bonds is 3. The Morgan fingerprint density at radius 2 is 1.95 bits per heavy atom. The van der Waals surface area contributed by atoms with Crippen LogP contribution in [0.2, 0.25) is 0 Å². The van der Waals surface area contributed by atoms with E-state index in [-0.39, 0.29) is 25.4 Å². The first-order chi connectivity index (χ1) is 10.1. The molecule has 0 spiro atoms. The van der Waals surface area contributed by atoms with Crippen LogP contribution in [0.5, 0.6) is 0 Å². The highest BCUT2D eigenvalue weighted by Gasteiger charge is 2.26. The van der Waals surface area contributed by atoms with Gasteiger partial charge in [0.15, 0.2) is 0 Å². The smallest absolute Gasteiger partial charge is 0.246 e. The van der Waals surface area contributed by atoms with Gasteiger partial charge in [-0.25, -0.2) is 4.98 Å². The maximum absolute atomic E-state index is 12.0. The molecule has 1 fully saturated rings. The van der Waals surface area contributed by atoms with Gasteiger partial charge in [-0.1, -0.05) is 12.1 Å². The molecule has 2 heterocycles. The molecule has 6 nitrogen and oxygen atoms in total. The fourth-order valence-electron chi connectivity index (χ4n) is 2.21. The summed E-state index contributed by atoms with van der Waals surface area (Å²) in [6, 6.07) is 7.80. The number of hydrogen-bond acceptors (Lipinski definition) is 5. The molecular formula is C14H13N3O3S. The summed E-state index contributed by atoms with van der Waals surface area (Å²) in [6.07, 6.45) is 0.769. The minimum Gasteiger partial charge on any atom is -0.324 e. The topological polar surface area (TPSA) is 79.4 Å². The number of amides is 3. The Balaban J connectivity index is 1.62. The predicted molar refractivity (Wildman–Crippen MR) is 77.7 cm³/mol. The largest absolute Gasteiger partial charge is 0.324 e. The molecule has 0 aliphatic carbocycles. The number of piperazine rings is 1. The van der Waals surface area contributed by atoms with Gasteiger partial charge in [-0.05, 0) is 12.1 Å². The van der Waals surface area contributed by atoms with Gasteiger partial charge in [-0.3, -0.25) is 19.7 Å². The van der Waals surface area contributed by atoms with Crippen LogP contribution in [0.15, 0.2) is 24.3 Å². The van der Waals surface area contributed by atoms with Crippen molar-refractivity contribution in [1.29, 1.82) is 0 Å². The van der Waals surface area contributed by atoms with Crippen molar-refractivity contribution in [3.05, 3.63) is 29.3 Å². The number of carbonyl (C=O) groups is 3. The Hall–Kier alpha value is -2.28. The van der Waals surface area contributed by atoms with E-state index in [1.54, 1.807) is 11.3 Å². The lowest BCUT2D eigenvalue weighted by molar-refractivity contribution is -0.145. The van der Waals surface area contributed by atoms with E-state index in [0.29, 0.717) is 6.42 Å². The zero-order chi connectivity index (χ0) is 14.8. The summed E-state index contributed by atoms with van der Waals surface area (Å²) in [5.41, 5.74) is 0.928. The maximum atomic E-state index is 12.0. The van der Waals surface area contributed by atoms with E-state index in [9.17, 15) is 14.4 Å². The average molecular weight is 303 g/mol. The van der Waals surface area contributed by atoms with Gasteiger partial charge < -0.3 is 4.90 Å². The number of carbonyl (C=O) groups excluding carboxylic acids is 3. The van der Waals surface area contributed by atoms with E-state index < -0.39 is 11.8 Å². The molecule has 0 unspecified atom stereocenters. The van der Waals surface area contributed by atoms with Crippen LogP contribution in [-0.2, 0) is 20.8 Å². The molecule has 0 saturated carbocycles. The summed E-state index contributed by atoms with van der Waals surface area (Å²) in [5, 5.41) is 3.06. The van der Waals surface area contributed by atoms with E-state index in [1.165, 1.54) is 4.90 Å². The van der Waals surface area contributed by atoms with Crippen LogP contribution in [0.3, 0.4) is 0 Å². The van der Waals surface area contributed by atoms with E-state index in [4.69, 9.17) is 0 Å². The maximum Gasteiger partial charge on any atom is 0.246 e. The minimum absolute atomic E-state index is 0.0512. The molecule has 0 bridgehead atoms. The zero-order valence-electron chi connectivity index (χ0n) is 11.2. The first kappa shape index (κ1) is 13.7. The second-order valence-electron chi connectivity index (χ2n) is 4.80. The molecule has 108 valence electrons. The van der Waals surface area contributed by atoms with Gasteiger partial charge in [0.2, 0.25) is 17.7 Å². The van der Waals surface area contributed by atoms with Crippen molar-refractivity contribution in [1.82, 2.24) is 15.2 Å². The third kappa shape index (κ3) is 3.08. The first-order valence-electron chi connectivity index (χ1n) is 6.57. The highest BCUT2D eigenvalue weighted by Crippen LogP contribution is 2.22. The lowest BCUT2D eigenvalue weighted by atomic mass is 10.2. The lowest BCUT2D eigenvalue weighted by Crippen LogP contribution is -2.53. The number of aryl methyl sites for hydroxylation is 1. The lowest BCUT2D eigenvalue weighted by Gasteiger charge is -2.25. The van der Waals surface area contributed by atoms with E-state index >= 15 is 0 Å². The summed E-state index contributed by atoms with van der Waals surface area (Å²) in [6.45, 7) is -0.102. The summed E-state index contributed by atoms with van der Waals surface area (Å²) >= 11 is 1.56. The minimum atomic E-state index is -0.431. The monoisotopic (exact) mass is 303 g/mol. The number of imide groups is 1. The number of para-hydroxylation sites is 1. The quantitative estimate of drug-likeness (QED) is 0.847. The van der Waals surface area contributed by atoms with E-state index in [0.717, 1.165) is 15.2 Å². The van der Waals surface area contributed by atoms with Crippen molar-refractivity contribution >= 4 is 39.3 Å². The fraction of sp³-hybridized carbons (Fsp3) is 0.286. The summed E-state index contributed by atoms with van der Waals surface area (Å²) < 4.78 is 1.09. The Morgan fingerprint density at radius 3 is 2.67 bits per heavy atom. The highest BCUT2D eigenvalue weighted by molar-refractivity contribution is 7.18. The Bertz CT molecular complexity index is 676. The summed E-state index contributed by atoms with van der Waals surface area (Å²) in [7, 11) is 0. The van der Waals surface area contributed by atoms with Crippen LogP contribution in [0.4, 0.5) is 0 Å². The van der Waals surface area contributed by atoms with Gasteiger partial charge in [-0.2, -0.15) is 0 Å². The van der Waals surface area contributed by atoms with Gasteiger partial charge in [0.05, 0.1) is 15.2 Å². The van der Waals surface area contributed by atoms with Crippen molar-refractivity contribution in [2.75, 3.05) is 13.1 Å². The summed E-state index contributed by atoms with van der Waals surface area (Å²) in [4.78, 5) is 40.3. The molecule has 1 N–H and O–H groups in total. The molecule has 1 aliphatic heterocycles. The molecule has 1 aliphatic rings. The summed E-state index contributed by atoms with van der Waals surface area (Å²) in [5.74, 6) is -1.06. The predicted octanol–water partition coefficient (Wildman–Crippen LogP) is 0.714. The number of nitrogens with one attached hydrogen (secondary N) is 1. The van der Waals surface area contributed by atoms with Crippen LogP contribution in [0.25, 0.3) is 10.2 Å². The normalized spacial score (nSPS) is 15.3. The first-order valence-corrected chi connectivity index (χ1v) is 7.38. The number of benzene rings is 1. The molecule has 0 radical (unpaired) electrons. The number of fused-ring (bicyclic) bond motifs is 1. The van der Waals surface area contributed by atoms with Crippen LogP contribution in [0, 0.1) is 0 Å². The fourth-order valence-corrected chi connectivity index (χ4v) is 3.18. The molecule has 7 heteroatoms. The zero-order valence-corrected chi connectivity index (χ0v) is 12.0. The second-order valence-corrected chi connectivity index (χ2v) is 5.91. The Morgan fingerprint density at radius 1 is 1.24 bits per heavy atom. The van der Waals surface area contributed by atoms with Crippen molar-refractivity contribution in [3.63, 3.8) is 0 Å². The van der Waals surface area contributed by atoms with Crippen LogP contribution in [-0.4, -0.2) is 40.7 Å². The molecule has 1 aromatic carbocycles. The number of aromatic nitrogens is 1. The molecule has 1 saturated heterocycles. The van der Waals surface area contributed by atoms with Gasteiger partial charge in [0.25, 0.3) is 0 Å². The van der Waals surface area contributed by atoms with Crippen LogP contribution < -0.4 is 5.32 Å². The molecular weight excluding hydrogens is 290 g/mol. The third-order valence-corrected chi connectivity index (χ3v) is 4.29. The van der Waals surface area contributed by atoms with Gasteiger partial charge >= 0.3 is 0 Å². The molecule has 2 aromatic rings. The van der Waals surface area contributed by atoms with Gasteiger partial charge in [0, 0.05) is 12.8 Å². The van der Waals surface area contributed by atoms with Crippen LogP contribution >= 0.6 is 11.3 Å². The number of nitrogens with zero attached hydrogens (tertiary/aromatic N) is 2. The van der Waals surface area contributed by atoms with E-state index in [2.05, 4.69) is 10.3 Å². The Labute approximate surface area is 124 Å². The molecule has 3 amide bonds. The average Bonchev–Trinajstić information content (AvgIpc) is 2.86. The van der Waals surface area contributed by atoms with Crippen molar-refractivity contribution in [3.8, 4) is 0 Å². The number of thiazole rings is 1. The van der Waals surface area contributed by atoms with Gasteiger partial charge in [-0.15, -0.1) is 11.3 Å². The van der Waals surface area contributed by atoms with Crippen molar-refractivity contribution < 1.29 is 14.4 Å². The molecule has 21 heavy (non-hydrogen) atoms. The standard InChI is InChI=1S/C14H13N3O3S/c18-11-7-17(8-12(19)16-11)14(20)6-5-13-15-9-3-1-2-4-10(9)21-13/h1-4H,5-8H2,(H,16,18,19). The Kier molecular flexibility index (Phi) is 3.66. The molecule has 1 aromatic heterocycles. The van der Waals surface area contributed by atoms with E-state index in [1.807, 2.05) is 24.3 Å². The van der Waals surface area contributed by atoms with Crippen LogP contribution in [0.1, 0.15) is 11.4 Å². The number of hydrogen-bond donors (Lipinski definition) is 1. The van der Waals surface area contributed by atoms with Gasteiger partial charge in [0.1, 0.15) is 13.1 Å². The highest BCUT2D eigenvalue weighted by atomic mass is 32.1. The SMILES string of the molecule is O=C1CN(C(=O)CCc2nc3ccccc3s2)CC(=O)N1. The molecule has 0 atom stereocenters.